The molecular weight excluding hydrogens is 254 g/mol. The molecule has 1 fully saturated rings. The molecule has 20 heavy (non-hydrogen) atoms. The standard InChI is InChI=1S/C15H23N3O2/c1-13(15(20)16-14-5-3-2-4-6-14)18-9-7-17(8-10-18)11-12-19/h2-6,13,19H,7-12H2,1H3,(H,16,20)/t13-/m0/s1. The first-order chi connectivity index (χ1) is 9.70. The van der Waals surface area contributed by atoms with Gasteiger partial charge in [-0.2, -0.15) is 0 Å². The summed E-state index contributed by atoms with van der Waals surface area (Å²) in [5.74, 6) is 0.0341. The molecule has 0 unspecified atom stereocenters. The zero-order valence-electron chi connectivity index (χ0n) is 12.0. The zero-order chi connectivity index (χ0) is 14.4. The van der Waals surface area contributed by atoms with E-state index in [-0.39, 0.29) is 18.6 Å². The number of rotatable bonds is 5. The number of β-amino-alcohol motifs (C(OH)–C–C–N with tert-alkyl or cyclic N) is 1. The number of carbonyl (C=O) groups is 1. The van der Waals surface area contributed by atoms with Crippen molar-refractivity contribution in [3.05, 3.63) is 30.3 Å². The van der Waals surface area contributed by atoms with Crippen LogP contribution in [-0.2, 0) is 4.79 Å². The van der Waals surface area contributed by atoms with Gasteiger partial charge in [0, 0.05) is 38.4 Å². The highest BCUT2D eigenvalue weighted by Gasteiger charge is 2.25. The van der Waals surface area contributed by atoms with Gasteiger partial charge in [0.05, 0.1) is 12.6 Å². The molecule has 110 valence electrons. The summed E-state index contributed by atoms with van der Waals surface area (Å²) in [6.07, 6.45) is 0. The van der Waals surface area contributed by atoms with Gasteiger partial charge in [0.15, 0.2) is 0 Å². The summed E-state index contributed by atoms with van der Waals surface area (Å²) >= 11 is 0. The summed E-state index contributed by atoms with van der Waals surface area (Å²) in [6, 6.07) is 9.40. The highest BCUT2D eigenvalue weighted by molar-refractivity contribution is 5.94. The van der Waals surface area contributed by atoms with E-state index < -0.39 is 0 Å². The van der Waals surface area contributed by atoms with E-state index in [1.807, 2.05) is 37.3 Å². The Kier molecular flexibility index (Phi) is 5.52. The smallest absolute Gasteiger partial charge is 0.241 e. The quantitative estimate of drug-likeness (QED) is 0.828. The lowest BCUT2D eigenvalue weighted by Crippen LogP contribution is -2.53. The molecule has 1 aromatic rings. The lowest BCUT2D eigenvalue weighted by molar-refractivity contribution is -0.121. The first-order valence-electron chi connectivity index (χ1n) is 7.14. The van der Waals surface area contributed by atoms with E-state index in [9.17, 15) is 4.79 Å². The Labute approximate surface area is 120 Å². The highest BCUT2D eigenvalue weighted by Crippen LogP contribution is 2.10. The Bertz CT molecular complexity index is 416. The predicted octanol–water partition coefficient (Wildman–Crippen LogP) is 0.623. The Morgan fingerprint density at radius 1 is 1.25 bits per heavy atom. The minimum absolute atomic E-state index is 0.0341. The number of benzene rings is 1. The zero-order valence-corrected chi connectivity index (χ0v) is 12.0. The van der Waals surface area contributed by atoms with Gasteiger partial charge in [0.25, 0.3) is 0 Å². The van der Waals surface area contributed by atoms with E-state index in [0.29, 0.717) is 0 Å². The summed E-state index contributed by atoms with van der Waals surface area (Å²) in [6.45, 7) is 6.41. The average Bonchev–Trinajstić information content (AvgIpc) is 2.48. The van der Waals surface area contributed by atoms with Crippen LogP contribution in [0.4, 0.5) is 5.69 Å². The SMILES string of the molecule is C[C@@H](C(=O)Nc1ccccc1)N1CCN(CCO)CC1. The number of nitrogens with zero attached hydrogens (tertiary/aromatic N) is 2. The third-order valence-corrected chi connectivity index (χ3v) is 3.79. The van der Waals surface area contributed by atoms with Crippen LogP contribution in [0.25, 0.3) is 0 Å². The van der Waals surface area contributed by atoms with Crippen molar-refractivity contribution in [2.75, 3.05) is 44.6 Å². The molecule has 1 amide bonds. The number of anilines is 1. The summed E-state index contributed by atoms with van der Waals surface area (Å²) < 4.78 is 0. The van der Waals surface area contributed by atoms with Crippen molar-refractivity contribution < 1.29 is 9.90 Å². The number of hydrogen-bond acceptors (Lipinski definition) is 4. The van der Waals surface area contributed by atoms with Gasteiger partial charge >= 0.3 is 0 Å². The second-order valence-electron chi connectivity index (χ2n) is 5.13. The van der Waals surface area contributed by atoms with Gasteiger partial charge in [-0.15, -0.1) is 0 Å². The van der Waals surface area contributed by atoms with Crippen molar-refractivity contribution in [2.24, 2.45) is 0 Å². The maximum absolute atomic E-state index is 12.2. The van der Waals surface area contributed by atoms with Crippen molar-refractivity contribution in [2.45, 2.75) is 13.0 Å². The summed E-state index contributed by atoms with van der Waals surface area (Å²) in [7, 11) is 0. The molecule has 1 saturated heterocycles. The van der Waals surface area contributed by atoms with Gasteiger partial charge < -0.3 is 10.4 Å². The molecule has 2 rings (SSSR count). The van der Waals surface area contributed by atoms with Crippen LogP contribution in [0.3, 0.4) is 0 Å². The normalized spacial score (nSPS) is 18.7. The van der Waals surface area contributed by atoms with Gasteiger partial charge in [0.2, 0.25) is 5.91 Å². The van der Waals surface area contributed by atoms with E-state index in [1.165, 1.54) is 0 Å². The number of hydrogen-bond donors (Lipinski definition) is 2. The van der Waals surface area contributed by atoms with Crippen LogP contribution < -0.4 is 5.32 Å². The number of nitrogens with one attached hydrogen (secondary N) is 1. The topological polar surface area (TPSA) is 55.8 Å². The van der Waals surface area contributed by atoms with Crippen LogP contribution in [0.15, 0.2) is 30.3 Å². The molecule has 5 nitrogen and oxygen atoms in total. The molecular formula is C15H23N3O2. The van der Waals surface area contributed by atoms with Crippen molar-refractivity contribution in [1.82, 2.24) is 9.80 Å². The van der Waals surface area contributed by atoms with Crippen molar-refractivity contribution >= 4 is 11.6 Å². The second-order valence-corrected chi connectivity index (χ2v) is 5.13. The van der Waals surface area contributed by atoms with Crippen LogP contribution in [0, 0.1) is 0 Å². The molecule has 1 atom stereocenters. The van der Waals surface area contributed by atoms with Crippen LogP contribution in [-0.4, -0.2) is 66.2 Å². The third kappa shape index (κ3) is 4.03. The summed E-state index contributed by atoms with van der Waals surface area (Å²) in [5, 5.41) is 11.9. The third-order valence-electron chi connectivity index (χ3n) is 3.79. The Morgan fingerprint density at radius 3 is 2.50 bits per heavy atom. The van der Waals surface area contributed by atoms with E-state index in [4.69, 9.17) is 5.11 Å². The minimum atomic E-state index is -0.133. The number of amides is 1. The molecule has 0 saturated carbocycles. The lowest BCUT2D eigenvalue weighted by Gasteiger charge is -2.37. The fourth-order valence-corrected chi connectivity index (χ4v) is 2.45. The van der Waals surface area contributed by atoms with E-state index >= 15 is 0 Å². The van der Waals surface area contributed by atoms with Crippen molar-refractivity contribution in [1.29, 1.82) is 0 Å². The fraction of sp³-hybridized carbons (Fsp3) is 0.533. The summed E-state index contributed by atoms with van der Waals surface area (Å²) in [5.41, 5.74) is 0.836. The number of aliphatic hydroxyl groups is 1. The number of aliphatic hydroxyl groups excluding tert-OH is 1. The number of piperazine rings is 1. The maximum Gasteiger partial charge on any atom is 0.241 e. The average molecular weight is 277 g/mol. The number of para-hydroxylation sites is 1. The van der Waals surface area contributed by atoms with Gasteiger partial charge in [-0.1, -0.05) is 18.2 Å². The number of carbonyl (C=O) groups excluding carboxylic acids is 1. The first kappa shape index (κ1) is 15.0. The molecule has 0 radical (unpaired) electrons. The van der Waals surface area contributed by atoms with Crippen molar-refractivity contribution in [3.8, 4) is 0 Å². The van der Waals surface area contributed by atoms with E-state index in [2.05, 4.69) is 15.1 Å². The van der Waals surface area contributed by atoms with Gasteiger partial charge in [-0.3, -0.25) is 14.6 Å². The monoisotopic (exact) mass is 277 g/mol. The largest absolute Gasteiger partial charge is 0.395 e. The first-order valence-corrected chi connectivity index (χ1v) is 7.14. The molecule has 5 heteroatoms. The van der Waals surface area contributed by atoms with Gasteiger partial charge in [0.1, 0.15) is 0 Å². The molecule has 1 aromatic carbocycles. The molecule has 2 N–H and O–H groups in total. The summed E-state index contributed by atoms with van der Waals surface area (Å²) in [4.78, 5) is 16.6. The van der Waals surface area contributed by atoms with E-state index in [1.54, 1.807) is 0 Å². The maximum atomic E-state index is 12.2. The van der Waals surface area contributed by atoms with Gasteiger partial charge in [-0.25, -0.2) is 0 Å². The molecule has 1 aliphatic rings. The molecule has 0 aromatic heterocycles. The van der Waals surface area contributed by atoms with Crippen LogP contribution in [0.5, 0.6) is 0 Å². The fourth-order valence-electron chi connectivity index (χ4n) is 2.45. The highest BCUT2D eigenvalue weighted by atomic mass is 16.3. The van der Waals surface area contributed by atoms with Crippen molar-refractivity contribution in [3.63, 3.8) is 0 Å². The van der Waals surface area contributed by atoms with E-state index in [0.717, 1.165) is 38.4 Å². The molecule has 0 bridgehead atoms. The minimum Gasteiger partial charge on any atom is -0.395 e. The van der Waals surface area contributed by atoms with Crippen LogP contribution in [0.1, 0.15) is 6.92 Å². The molecule has 1 heterocycles. The Balaban J connectivity index is 1.82. The Hall–Kier alpha value is -1.43. The second kappa shape index (κ2) is 7.38. The molecule has 0 aliphatic carbocycles. The van der Waals surface area contributed by atoms with Crippen LogP contribution >= 0.6 is 0 Å². The predicted molar refractivity (Wildman–Crippen MR) is 79.6 cm³/mol. The molecule has 0 spiro atoms. The van der Waals surface area contributed by atoms with Gasteiger partial charge in [-0.05, 0) is 19.1 Å². The van der Waals surface area contributed by atoms with Crippen LogP contribution in [0.2, 0.25) is 0 Å². The Morgan fingerprint density at radius 2 is 1.90 bits per heavy atom. The molecule has 1 aliphatic heterocycles. The lowest BCUT2D eigenvalue weighted by atomic mass is 10.2.